The Morgan fingerprint density at radius 2 is 2.00 bits per heavy atom. The number of fused-ring (bicyclic) bond motifs is 2. The molecule has 0 radical (unpaired) electrons. The van der Waals surface area contributed by atoms with Crippen LogP contribution in [0.2, 0.25) is 0 Å². The van der Waals surface area contributed by atoms with E-state index >= 15 is 0 Å². The summed E-state index contributed by atoms with van der Waals surface area (Å²) < 4.78 is 0. The number of nitrogens with zero attached hydrogens (tertiary/aromatic N) is 1. The second-order valence-corrected chi connectivity index (χ2v) is 4.08. The van der Waals surface area contributed by atoms with Crippen molar-refractivity contribution in [2.75, 3.05) is 23.7 Å². The van der Waals surface area contributed by atoms with Crippen molar-refractivity contribution in [3.8, 4) is 0 Å². The monoisotopic (exact) mass is 174 g/mol. The summed E-state index contributed by atoms with van der Waals surface area (Å²) in [4.78, 5) is 2.48. The number of rotatable bonds is 0. The van der Waals surface area contributed by atoms with Crippen LogP contribution in [-0.4, -0.2) is 13.1 Å². The van der Waals surface area contributed by atoms with Gasteiger partial charge in [0.1, 0.15) is 0 Å². The first-order chi connectivity index (χ1) is 6.34. The molecule has 0 aromatic heterocycles. The summed E-state index contributed by atoms with van der Waals surface area (Å²) in [5, 5.41) is 0. The molecule has 0 unspecified atom stereocenters. The molecule has 4 rings (SSSR count). The molecule has 1 aromatic carbocycles. The van der Waals surface area contributed by atoms with Crippen molar-refractivity contribution < 1.29 is 0 Å². The van der Waals surface area contributed by atoms with Crippen LogP contribution in [0.5, 0.6) is 0 Å². The Labute approximate surface area is 78.3 Å². The van der Waals surface area contributed by atoms with Gasteiger partial charge in [0.2, 0.25) is 0 Å². The molecule has 1 aromatic rings. The van der Waals surface area contributed by atoms with E-state index in [1.165, 1.54) is 37.2 Å². The molecule has 2 N–H and O–H groups in total. The Morgan fingerprint density at radius 1 is 1.23 bits per heavy atom. The molecule has 2 heteroatoms. The maximum atomic E-state index is 5.80. The van der Waals surface area contributed by atoms with Crippen molar-refractivity contribution in [2.24, 2.45) is 0 Å². The van der Waals surface area contributed by atoms with Crippen molar-refractivity contribution in [1.29, 1.82) is 0 Å². The number of piperidine rings is 1. The Kier molecular flexibility index (Phi) is 1.34. The van der Waals surface area contributed by atoms with Gasteiger partial charge in [-0.3, -0.25) is 0 Å². The second-order valence-electron chi connectivity index (χ2n) is 4.08. The molecule has 0 spiro atoms. The minimum Gasteiger partial charge on any atom is -0.399 e. The quantitative estimate of drug-likeness (QED) is 0.609. The Bertz CT molecular complexity index is 338. The van der Waals surface area contributed by atoms with Crippen molar-refractivity contribution in [3.05, 3.63) is 23.8 Å². The zero-order valence-electron chi connectivity index (χ0n) is 7.66. The summed E-state index contributed by atoms with van der Waals surface area (Å²) in [6.07, 6.45) is 2.63. The van der Waals surface area contributed by atoms with Crippen LogP contribution < -0.4 is 10.6 Å². The Morgan fingerprint density at radius 3 is 2.77 bits per heavy atom. The fraction of sp³-hybridized carbons (Fsp3) is 0.455. The molecule has 3 aliphatic heterocycles. The average molecular weight is 174 g/mol. The van der Waals surface area contributed by atoms with E-state index in [4.69, 9.17) is 5.73 Å². The van der Waals surface area contributed by atoms with Gasteiger partial charge in [0.05, 0.1) is 0 Å². The van der Waals surface area contributed by atoms with Crippen molar-refractivity contribution >= 4 is 11.4 Å². The number of hydrogen-bond acceptors (Lipinski definition) is 2. The van der Waals surface area contributed by atoms with Gasteiger partial charge in [0.15, 0.2) is 0 Å². The largest absolute Gasteiger partial charge is 0.399 e. The number of nitrogens with two attached hydrogens (primary N) is 1. The van der Waals surface area contributed by atoms with Crippen LogP contribution in [0.1, 0.15) is 24.3 Å². The lowest BCUT2D eigenvalue weighted by Gasteiger charge is -2.42. The molecule has 2 nitrogen and oxygen atoms in total. The zero-order chi connectivity index (χ0) is 8.84. The van der Waals surface area contributed by atoms with Gasteiger partial charge in [-0.1, -0.05) is 0 Å². The van der Waals surface area contributed by atoms with Gasteiger partial charge in [-0.05, 0) is 42.5 Å². The van der Waals surface area contributed by atoms with E-state index < -0.39 is 0 Å². The lowest BCUT2D eigenvalue weighted by atomic mass is 9.83. The Balaban J connectivity index is 2.18. The topological polar surface area (TPSA) is 29.3 Å². The van der Waals surface area contributed by atoms with Crippen LogP contribution in [0.3, 0.4) is 0 Å². The third-order valence-corrected chi connectivity index (χ3v) is 3.33. The number of nitrogen functional groups attached to an aromatic ring is 1. The third kappa shape index (κ3) is 0.947. The Hall–Kier alpha value is -1.18. The number of benzene rings is 1. The van der Waals surface area contributed by atoms with Crippen LogP contribution in [-0.2, 0) is 0 Å². The summed E-state index contributed by atoms with van der Waals surface area (Å²) in [6, 6.07) is 6.35. The van der Waals surface area contributed by atoms with E-state index in [-0.39, 0.29) is 0 Å². The molecular formula is C11H14N2. The van der Waals surface area contributed by atoms with Crippen molar-refractivity contribution in [1.82, 2.24) is 0 Å². The normalized spacial score (nSPS) is 20.5. The minimum atomic E-state index is 0.781. The highest BCUT2D eigenvalue weighted by molar-refractivity contribution is 5.63. The first-order valence-corrected chi connectivity index (χ1v) is 4.99. The van der Waals surface area contributed by atoms with Gasteiger partial charge in [-0.15, -0.1) is 0 Å². The summed E-state index contributed by atoms with van der Waals surface area (Å²) in [5.41, 5.74) is 9.62. The summed E-state index contributed by atoms with van der Waals surface area (Å²) in [5.74, 6) is 0.781. The molecule has 0 saturated carbocycles. The van der Waals surface area contributed by atoms with Gasteiger partial charge in [0.25, 0.3) is 0 Å². The van der Waals surface area contributed by atoms with E-state index in [9.17, 15) is 0 Å². The van der Waals surface area contributed by atoms with Crippen molar-refractivity contribution in [3.63, 3.8) is 0 Å². The summed E-state index contributed by atoms with van der Waals surface area (Å²) in [7, 11) is 0. The predicted octanol–water partition coefficient (Wildman–Crippen LogP) is 1.97. The smallest absolute Gasteiger partial charge is 0.0403 e. The summed E-state index contributed by atoms with van der Waals surface area (Å²) in [6.45, 7) is 2.48. The molecule has 68 valence electrons. The van der Waals surface area contributed by atoms with E-state index in [2.05, 4.69) is 17.0 Å². The minimum absolute atomic E-state index is 0.781. The van der Waals surface area contributed by atoms with E-state index in [0.29, 0.717) is 0 Å². The molecule has 2 bridgehead atoms. The maximum absolute atomic E-state index is 5.80. The van der Waals surface area contributed by atoms with Gasteiger partial charge in [-0.2, -0.15) is 0 Å². The number of anilines is 2. The molecule has 1 fully saturated rings. The van der Waals surface area contributed by atoms with Crippen LogP contribution in [0.25, 0.3) is 0 Å². The zero-order valence-corrected chi connectivity index (χ0v) is 7.66. The van der Waals surface area contributed by atoms with Crippen LogP contribution in [0.15, 0.2) is 18.2 Å². The molecule has 1 saturated heterocycles. The molecular weight excluding hydrogens is 160 g/mol. The van der Waals surface area contributed by atoms with Gasteiger partial charge < -0.3 is 10.6 Å². The van der Waals surface area contributed by atoms with Gasteiger partial charge >= 0.3 is 0 Å². The fourth-order valence-corrected chi connectivity index (χ4v) is 2.62. The lowest BCUT2D eigenvalue weighted by Crippen LogP contribution is -2.38. The fourth-order valence-electron chi connectivity index (χ4n) is 2.62. The summed E-state index contributed by atoms with van der Waals surface area (Å²) >= 11 is 0. The van der Waals surface area contributed by atoms with Crippen LogP contribution in [0, 0.1) is 0 Å². The highest BCUT2D eigenvalue weighted by atomic mass is 15.1. The van der Waals surface area contributed by atoms with Crippen molar-refractivity contribution in [2.45, 2.75) is 18.8 Å². The predicted molar refractivity (Wildman–Crippen MR) is 55.0 cm³/mol. The van der Waals surface area contributed by atoms with Crippen LogP contribution in [0.4, 0.5) is 11.4 Å². The maximum Gasteiger partial charge on any atom is 0.0403 e. The van der Waals surface area contributed by atoms with E-state index in [0.717, 1.165) is 11.6 Å². The average Bonchev–Trinajstić information content (AvgIpc) is 2.19. The highest BCUT2D eigenvalue weighted by Crippen LogP contribution is 2.42. The highest BCUT2D eigenvalue weighted by Gasteiger charge is 2.30. The molecule has 0 amide bonds. The van der Waals surface area contributed by atoms with E-state index in [1.54, 1.807) is 0 Å². The first kappa shape index (κ1) is 7.25. The molecule has 3 heterocycles. The SMILES string of the molecule is Nc1ccc2c(c1)C1CCN2CC1. The molecule has 0 aliphatic carbocycles. The standard InChI is InChI=1S/C11H14N2/c12-9-1-2-11-10(7-9)8-3-5-13(11)6-4-8/h1-2,7-8H,3-6,12H2. The van der Waals surface area contributed by atoms with E-state index in [1.807, 2.05) is 6.07 Å². The van der Waals surface area contributed by atoms with Crippen LogP contribution >= 0.6 is 0 Å². The van der Waals surface area contributed by atoms with Gasteiger partial charge in [0, 0.05) is 24.5 Å². The second kappa shape index (κ2) is 2.41. The molecule has 3 aliphatic rings. The number of hydrogen-bond donors (Lipinski definition) is 1. The first-order valence-electron chi connectivity index (χ1n) is 4.99. The van der Waals surface area contributed by atoms with Gasteiger partial charge in [-0.25, -0.2) is 0 Å². The molecule has 13 heavy (non-hydrogen) atoms. The lowest BCUT2D eigenvalue weighted by molar-refractivity contribution is 0.475. The third-order valence-electron chi connectivity index (χ3n) is 3.33. The molecule has 0 atom stereocenters.